The highest BCUT2D eigenvalue weighted by atomic mass is 32.1. The maximum absolute atomic E-state index is 12.2. The molecule has 1 amide bonds. The van der Waals surface area contributed by atoms with E-state index in [1.807, 2.05) is 17.5 Å². The van der Waals surface area contributed by atoms with Crippen LogP contribution in [-0.2, 0) is 20.9 Å². The Hall–Kier alpha value is -1.66. The molecule has 2 bridgehead atoms. The fourth-order valence-corrected chi connectivity index (χ4v) is 3.26. The molecule has 4 unspecified atom stereocenters. The molecule has 0 saturated carbocycles. The Balaban J connectivity index is 1.68. The van der Waals surface area contributed by atoms with E-state index in [-0.39, 0.29) is 5.91 Å². The molecule has 2 aliphatic rings. The number of nitrogens with one attached hydrogen (secondary N) is 1. The van der Waals surface area contributed by atoms with Crippen molar-refractivity contribution in [1.82, 2.24) is 5.32 Å². The maximum Gasteiger partial charge on any atom is 0.310 e. The average molecular weight is 279 g/mol. The molecule has 0 aromatic carbocycles. The summed E-state index contributed by atoms with van der Waals surface area (Å²) in [4.78, 5) is 24.5. The third kappa shape index (κ3) is 2.17. The number of hydrogen-bond donors (Lipinski definition) is 2. The van der Waals surface area contributed by atoms with Gasteiger partial charge >= 0.3 is 5.97 Å². The van der Waals surface area contributed by atoms with Gasteiger partial charge in [-0.3, -0.25) is 9.59 Å². The zero-order valence-electron chi connectivity index (χ0n) is 9.98. The third-order valence-electron chi connectivity index (χ3n) is 3.50. The number of fused-ring (bicyclic) bond motifs is 2. The number of thiophene rings is 1. The van der Waals surface area contributed by atoms with Crippen LogP contribution < -0.4 is 5.32 Å². The number of hydrogen-bond acceptors (Lipinski definition) is 4. The van der Waals surface area contributed by atoms with E-state index in [0.29, 0.717) is 6.54 Å². The van der Waals surface area contributed by atoms with Crippen LogP contribution in [0.4, 0.5) is 0 Å². The van der Waals surface area contributed by atoms with Crippen molar-refractivity contribution in [3.63, 3.8) is 0 Å². The van der Waals surface area contributed by atoms with Crippen molar-refractivity contribution in [3.8, 4) is 0 Å². The molecule has 1 saturated heterocycles. The molecule has 2 N–H and O–H groups in total. The lowest BCUT2D eigenvalue weighted by molar-refractivity contribution is -0.146. The van der Waals surface area contributed by atoms with Gasteiger partial charge in [-0.1, -0.05) is 18.2 Å². The van der Waals surface area contributed by atoms with Gasteiger partial charge in [0.25, 0.3) is 0 Å². The van der Waals surface area contributed by atoms with Gasteiger partial charge < -0.3 is 15.2 Å². The Morgan fingerprint density at radius 2 is 2.05 bits per heavy atom. The molecular formula is C13H13NO4S. The highest BCUT2D eigenvalue weighted by Gasteiger charge is 2.53. The van der Waals surface area contributed by atoms with Gasteiger partial charge in [-0.25, -0.2) is 0 Å². The SMILES string of the molecule is O=C(O)C1C2C=CC(O2)C1C(=O)NCc1cccs1. The Kier molecular flexibility index (Phi) is 3.12. The van der Waals surface area contributed by atoms with Gasteiger partial charge in [0.2, 0.25) is 5.91 Å². The van der Waals surface area contributed by atoms with E-state index in [0.717, 1.165) is 4.88 Å². The largest absolute Gasteiger partial charge is 0.481 e. The summed E-state index contributed by atoms with van der Waals surface area (Å²) in [5.74, 6) is -2.64. The Morgan fingerprint density at radius 1 is 1.32 bits per heavy atom. The number of carbonyl (C=O) groups is 2. The standard InChI is InChI=1S/C13H13NO4S/c15-12(14-6-7-2-1-5-19-7)10-8-3-4-9(18-8)11(10)13(16)17/h1-5,8-11H,6H2,(H,14,15)(H,16,17). The molecule has 0 aliphatic carbocycles. The van der Waals surface area contributed by atoms with Crippen molar-refractivity contribution in [2.24, 2.45) is 11.8 Å². The normalized spacial score (nSPS) is 31.6. The molecule has 5 nitrogen and oxygen atoms in total. The molecule has 6 heteroatoms. The van der Waals surface area contributed by atoms with Crippen LogP contribution in [0.25, 0.3) is 0 Å². The fraction of sp³-hybridized carbons (Fsp3) is 0.385. The van der Waals surface area contributed by atoms with Crippen molar-refractivity contribution in [2.75, 3.05) is 0 Å². The molecule has 1 fully saturated rings. The van der Waals surface area contributed by atoms with Gasteiger partial charge in [-0.15, -0.1) is 11.3 Å². The van der Waals surface area contributed by atoms with Crippen LogP contribution in [0.15, 0.2) is 29.7 Å². The number of aliphatic carboxylic acids is 1. The minimum absolute atomic E-state index is 0.252. The molecule has 100 valence electrons. The second kappa shape index (κ2) is 4.79. The topological polar surface area (TPSA) is 75.6 Å². The Bertz CT molecular complexity index is 525. The van der Waals surface area contributed by atoms with Crippen LogP contribution >= 0.6 is 11.3 Å². The van der Waals surface area contributed by atoms with Crippen molar-refractivity contribution < 1.29 is 19.4 Å². The summed E-state index contributed by atoms with van der Waals surface area (Å²) in [5, 5.41) is 13.9. The third-order valence-corrected chi connectivity index (χ3v) is 4.38. The van der Waals surface area contributed by atoms with Gasteiger partial charge in [-0.2, -0.15) is 0 Å². The van der Waals surface area contributed by atoms with Crippen LogP contribution in [0.3, 0.4) is 0 Å². The summed E-state index contributed by atoms with van der Waals surface area (Å²) in [6, 6.07) is 3.84. The molecule has 1 aromatic heterocycles. The number of carboxylic acids is 1. The van der Waals surface area contributed by atoms with Gasteiger partial charge in [0.1, 0.15) is 5.92 Å². The molecule has 1 aromatic rings. The van der Waals surface area contributed by atoms with E-state index in [4.69, 9.17) is 4.74 Å². The van der Waals surface area contributed by atoms with Crippen LogP contribution in [0.1, 0.15) is 4.88 Å². The quantitative estimate of drug-likeness (QED) is 0.807. The summed E-state index contributed by atoms with van der Waals surface area (Å²) in [5.41, 5.74) is 0. The molecule has 2 aliphatic heterocycles. The Morgan fingerprint density at radius 3 is 2.68 bits per heavy atom. The highest BCUT2D eigenvalue weighted by Crippen LogP contribution is 2.39. The van der Waals surface area contributed by atoms with E-state index in [1.165, 1.54) is 0 Å². The van der Waals surface area contributed by atoms with Gasteiger partial charge in [0.15, 0.2) is 0 Å². The minimum Gasteiger partial charge on any atom is -0.481 e. The maximum atomic E-state index is 12.2. The summed E-state index contributed by atoms with van der Waals surface area (Å²) in [6.45, 7) is 0.431. The van der Waals surface area contributed by atoms with E-state index in [2.05, 4.69) is 5.32 Å². The summed E-state index contributed by atoms with van der Waals surface area (Å²) in [7, 11) is 0. The second-order valence-corrected chi connectivity index (χ2v) is 5.67. The first-order chi connectivity index (χ1) is 9.16. The lowest BCUT2D eigenvalue weighted by Crippen LogP contribution is -2.42. The van der Waals surface area contributed by atoms with E-state index in [1.54, 1.807) is 23.5 Å². The van der Waals surface area contributed by atoms with Gasteiger partial charge in [0.05, 0.1) is 24.7 Å². The van der Waals surface area contributed by atoms with Crippen LogP contribution in [0.2, 0.25) is 0 Å². The highest BCUT2D eigenvalue weighted by molar-refractivity contribution is 7.09. The van der Waals surface area contributed by atoms with E-state index >= 15 is 0 Å². The lowest BCUT2D eigenvalue weighted by Gasteiger charge is -2.20. The average Bonchev–Trinajstić information content (AvgIpc) is 3.10. The molecule has 3 rings (SSSR count). The predicted molar refractivity (Wildman–Crippen MR) is 68.6 cm³/mol. The van der Waals surface area contributed by atoms with Gasteiger partial charge in [0, 0.05) is 4.88 Å². The first-order valence-electron chi connectivity index (χ1n) is 6.03. The van der Waals surface area contributed by atoms with Crippen LogP contribution in [0, 0.1) is 11.8 Å². The molecule has 4 atom stereocenters. The number of carboxylic acid groups (broad SMARTS) is 1. The van der Waals surface area contributed by atoms with Crippen molar-refractivity contribution >= 4 is 23.2 Å². The lowest BCUT2D eigenvalue weighted by atomic mass is 9.82. The summed E-state index contributed by atoms with van der Waals surface area (Å²) in [6.07, 6.45) is 2.63. The molecule has 0 spiro atoms. The second-order valence-electron chi connectivity index (χ2n) is 4.64. The van der Waals surface area contributed by atoms with E-state index in [9.17, 15) is 14.7 Å². The molecule has 19 heavy (non-hydrogen) atoms. The number of ether oxygens (including phenoxy) is 1. The van der Waals surface area contributed by atoms with Crippen molar-refractivity contribution in [3.05, 3.63) is 34.5 Å². The minimum atomic E-state index is -0.979. The number of rotatable bonds is 4. The fourth-order valence-electron chi connectivity index (χ4n) is 2.62. The first kappa shape index (κ1) is 12.4. The number of amides is 1. The predicted octanol–water partition coefficient (Wildman–Crippen LogP) is 1.02. The van der Waals surface area contributed by atoms with Crippen molar-refractivity contribution in [1.29, 1.82) is 0 Å². The summed E-state index contributed by atoms with van der Waals surface area (Å²) < 4.78 is 5.47. The van der Waals surface area contributed by atoms with Crippen LogP contribution in [0.5, 0.6) is 0 Å². The molecular weight excluding hydrogens is 266 g/mol. The smallest absolute Gasteiger partial charge is 0.310 e. The zero-order valence-corrected chi connectivity index (χ0v) is 10.8. The summed E-state index contributed by atoms with van der Waals surface area (Å²) >= 11 is 1.55. The van der Waals surface area contributed by atoms with Crippen molar-refractivity contribution in [2.45, 2.75) is 18.8 Å². The zero-order chi connectivity index (χ0) is 13.4. The Labute approximate surface area is 113 Å². The molecule has 3 heterocycles. The van der Waals surface area contributed by atoms with Crippen LogP contribution in [-0.4, -0.2) is 29.2 Å². The molecule has 0 radical (unpaired) electrons. The number of carbonyl (C=O) groups excluding carboxylic acids is 1. The first-order valence-corrected chi connectivity index (χ1v) is 6.91. The van der Waals surface area contributed by atoms with Gasteiger partial charge in [-0.05, 0) is 11.4 Å². The monoisotopic (exact) mass is 279 g/mol. The van der Waals surface area contributed by atoms with E-state index < -0.39 is 30.0 Å².